The molecule has 0 unspecified atom stereocenters. The van der Waals surface area contributed by atoms with E-state index in [1.54, 1.807) is 0 Å². The minimum Gasteiger partial charge on any atom is 0 e. The van der Waals surface area contributed by atoms with E-state index in [9.17, 15) is 0 Å². The van der Waals surface area contributed by atoms with E-state index in [4.69, 9.17) is 0 Å². The molecule has 0 spiro atoms. The van der Waals surface area contributed by atoms with Crippen molar-refractivity contribution in [3.05, 3.63) is 0 Å². The van der Waals surface area contributed by atoms with E-state index in [1.807, 2.05) is 0 Å². The van der Waals surface area contributed by atoms with Crippen LogP contribution in [0.25, 0.3) is 0 Å². The van der Waals surface area contributed by atoms with E-state index in [2.05, 4.69) is 0 Å². The number of hydrogen-bond donors (Lipinski definition) is 0. The molecule has 0 aliphatic carbocycles. The van der Waals surface area contributed by atoms with Gasteiger partial charge in [-0.3, -0.25) is 0 Å². The summed E-state index contributed by atoms with van der Waals surface area (Å²) in [6, 6.07) is 0. The molecule has 0 fully saturated rings. The third-order valence-corrected chi connectivity index (χ3v) is 0. The Morgan fingerprint density at radius 1 is 1.00 bits per heavy atom. The fourth-order valence-electron chi connectivity index (χ4n) is 0. The second-order valence-corrected chi connectivity index (χ2v) is 0. The van der Waals surface area contributed by atoms with Crippen LogP contribution in [0, 0.1) is 0 Å². The molecule has 0 aromatic heterocycles. The molecule has 0 atom stereocenters. The van der Waals surface area contributed by atoms with Crippen LogP contribution >= 0.6 is 0 Å². The zero-order chi connectivity index (χ0) is 0. The second-order valence-electron chi connectivity index (χ2n) is 0. The molecule has 0 bridgehead atoms. The van der Waals surface area contributed by atoms with Gasteiger partial charge in [-0.25, -0.2) is 0 Å². The Morgan fingerprint density at radius 2 is 1.00 bits per heavy atom. The van der Waals surface area contributed by atoms with Crippen LogP contribution in [0.4, 0.5) is 0 Å². The van der Waals surface area contributed by atoms with Crippen molar-refractivity contribution >= 4 is 0 Å². The second kappa shape index (κ2) is 17.4. The van der Waals surface area contributed by atoms with Crippen LogP contribution in [0.2, 0.25) is 0 Å². The zero-order valence-electron chi connectivity index (χ0n) is 1.34. The summed E-state index contributed by atoms with van der Waals surface area (Å²) in [6.45, 7) is 0. The van der Waals surface area contributed by atoms with Gasteiger partial charge in [-0.2, -0.15) is 0 Å². The van der Waals surface area contributed by atoms with Gasteiger partial charge in [0, 0.05) is 81.4 Å². The van der Waals surface area contributed by atoms with Gasteiger partial charge in [0.05, 0.1) is 0 Å². The van der Waals surface area contributed by atoms with Crippen LogP contribution in [0.3, 0.4) is 0 Å². The van der Waals surface area contributed by atoms with Crippen LogP contribution < -0.4 is 0 Å². The average Bonchev–Trinajstić information content (AvgIpc) is 0. The maximum atomic E-state index is 0. The minimum atomic E-state index is 0. The van der Waals surface area contributed by atoms with E-state index < -0.39 is 0 Å². The predicted molar refractivity (Wildman–Crippen MR) is 0 cm³/mol. The van der Waals surface area contributed by atoms with Crippen molar-refractivity contribution in [3.8, 4) is 0 Å². The third kappa shape index (κ3) is 8.82. The molecule has 0 saturated carbocycles. The molecule has 0 amide bonds. The Hall–Kier alpha value is 2.64. The molecule has 4 heteroatoms. The van der Waals surface area contributed by atoms with E-state index in [0.717, 1.165) is 0 Å². The molecule has 2 radical (unpaired) electrons. The molecular weight excluding hydrogens is 591 g/mol. The number of hydrogen-bond acceptors (Lipinski definition) is 0. The van der Waals surface area contributed by atoms with Crippen molar-refractivity contribution in [2.24, 2.45) is 0 Å². The van der Waals surface area contributed by atoms with Gasteiger partial charge in [-0.15, -0.1) is 0 Å². The number of rotatable bonds is 0. The van der Waals surface area contributed by atoms with Crippen LogP contribution in [-0.4, -0.2) is 0 Å². The molecule has 0 N–H and O–H groups in total. The van der Waals surface area contributed by atoms with Gasteiger partial charge >= 0.3 is 0 Å². The predicted octanol–water partition coefficient (Wildman–Crippen LogP) is -0.0100. The smallest absolute Gasteiger partial charge is 0 e. The molecule has 0 aromatic carbocycles. The summed E-state index contributed by atoms with van der Waals surface area (Å²) in [5.74, 6) is 0. The Balaban J connectivity index is 0. The molecule has 0 aliphatic rings. The SMILES string of the molecule is [Pd].[Pt].[Re].[Rh]. The van der Waals surface area contributed by atoms with E-state index >= 15 is 0 Å². The van der Waals surface area contributed by atoms with Crippen molar-refractivity contribution in [3.63, 3.8) is 0 Å². The first-order valence-electron chi connectivity index (χ1n) is 0. The van der Waals surface area contributed by atoms with Gasteiger partial charge in [0.25, 0.3) is 0 Å². The third-order valence-electron chi connectivity index (χ3n) is 0. The summed E-state index contributed by atoms with van der Waals surface area (Å²) >= 11 is 0. The summed E-state index contributed by atoms with van der Waals surface area (Å²) in [4.78, 5) is 0. The molecule has 0 saturated heterocycles. The van der Waals surface area contributed by atoms with Gasteiger partial charge in [0.2, 0.25) is 0 Å². The first-order chi connectivity index (χ1) is 0. The molecule has 4 heavy (non-hydrogen) atoms. The summed E-state index contributed by atoms with van der Waals surface area (Å²) in [5, 5.41) is 0. The molecule has 0 heterocycles. The van der Waals surface area contributed by atoms with Gasteiger partial charge in [0.1, 0.15) is 0 Å². The Labute approximate surface area is 80.2 Å². The quantitative estimate of drug-likeness (QED) is 0.349. The molecular formula is PdPtReRh. The zero-order valence-corrected chi connectivity index (χ0v) is 9.53. The van der Waals surface area contributed by atoms with Gasteiger partial charge in [-0.05, 0) is 0 Å². The summed E-state index contributed by atoms with van der Waals surface area (Å²) in [5.41, 5.74) is 0. The molecule has 36 valence electrons. The van der Waals surface area contributed by atoms with Crippen molar-refractivity contribution < 1.29 is 81.4 Å². The molecule has 0 nitrogen and oxygen atoms in total. The Morgan fingerprint density at radius 3 is 1.00 bits per heavy atom. The molecule has 0 aromatic rings. The minimum absolute atomic E-state index is 0. The van der Waals surface area contributed by atoms with Gasteiger partial charge in [0.15, 0.2) is 0 Å². The van der Waals surface area contributed by atoms with Crippen LogP contribution in [0.1, 0.15) is 0 Å². The standard InChI is InChI=1S/Pd.Pt.Re.Rh. The topological polar surface area (TPSA) is 0 Å². The summed E-state index contributed by atoms with van der Waals surface area (Å²) in [7, 11) is 0. The largest absolute Gasteiger partial charge is 0 e. The fourth-order valence-corrected chi connectivity index (χ4v) is 0. The van der Waals surface area contributed by atoms with Crippen molar-refractivity contribution in [2.45, 2.75) is 0 Å². The van der Waals surface area contributed by atoms with Crippen LogP contribution in [0.5, 0.6) is 0 Å². The first kappa shape index (κ1) is 30.3. The Bertz CT molecular complexity index is 8.00. The normalized spacial score (nSPS) is 0. The monoisotopic (exact) mass is 591 g/mol. The summed E-state index contributed by atoms with van der Waals surface area (Å²) in [6.07, 6.45) is 0. The van der Waals surface area contributed by atoms with Crippen molar-refractivity contribution in [1.29, 1.82) is 0 Å². The van der Waals surface area contributed by atoms with Crippen LogP contribution in [0.15, 0.2) is 0 Å². The van der Waals surface area contributed by atoms with Crippen LogP contribution in [-0.2, 0) is 81.4 Å². The van der Waals surface area contributed by atoms with Gasteiger partial charge < -0.3 is 0 Å². The van der Waals surface area contributed by atoms with E-state index in [0.29, 0.717) is 0 Å². The maximum Gasteiger partial charge on any atom is 0 e. The molecule has 0 rings (SSSR count). The van der Waals surface area contributed by atoms with E-state index in [-0.39, 0.29) is 81.4 Å². The van der Waals surface area contributed by atoms with E-state index in [1.165, 1.54) is 0 Å². The van der Waals surface area contributed by atoms with Crippen molar-refractivity contribution in [2.75, 3.05) is 0 Å². The average molecular weight is 591 g/mol. The fraction of sp³-hybridized carbons (Fsp3) is 0. The molecule has 0 aliphatic heterocycles. The maximum absolute atomic E-state index is 0. The first-order valence-corrected chi connectivity index (χ1v) is 0. The Kier molecular flexibility index (Phi) is 132. The summed E-state index contributed by atoms with van der Waals surface area (Å²) < 4.78 is 0. The van der Waals surface area contributed by atoms with Crippen molar-refractivity contribution in [1.82, 2.24) is 0 Å². The van der Waals surface area contributed by atoms with Gasteiger partial charge in [-0.1, -0.05) is 0 Å².